The topological polar surface area (TPSA) is 49.4 Å². The Morgan fingerprint density at radius 2 is 2.09 bits per heavy atom. The van der Waals surface area contributed by atoms with E-state index in [2.05, 4.69) is 25.2 Å². The van der Waals surface area contributed by atoms with E-state index in [9.17, 15) is 9.59 Å². The Morgan fingerprint density at radius 1 is 1.30 bits per heavy atom. The summed E-state index contributed by atoms with van der Waals surface area (Å²) >= 11 is 1.67. The molecule has 4 nitrogen and oxygen atoms in total. The first kappa shape index (κ1) is 18.0. The van der Waals surface area contributed by atoms with Gasteiger partial charge in [0.05, 0.1) is 12.6 Å². The first-order valence-corrected chi connectivity index (χ1v) is 9.54. The molecule has 0 aliphatic carbocycles. The molecule has 2 heterocycles. The Labute approximate surface area is 143 Å². The Kier molecular flexibility index (Phi) is 7.09. The first-order valence-electron chi connectivity index (χ1n) is 8.67. The van der Waals surface area contributed by atoms with Crippen LogP contribution in [0.15, 0.2) is 17.5 Å². The molecule has 1 N–H and O–H groups in total. The summed E-state index contributed by atoms with van der Waals surface area (Å²) < 4.78 is 0. The van der Waals surface area contributed by atoms with E-state index in [0.29, 0.717) is 18.9 Å². The van der Waals surface area contributed by atoms with E-state index in [1.165, 1.54) is 4.88 Å². The van der Waals surface area contributed by atoms with Gasteiger partial charge >= 0.3 is 0 Å². The summed E-state index contributed by atoms with van der Waals surface area (Å²) in [5.41, 5.74) is 0. The first-order chi connectivity index (χ1) is 11.1. The maximum atomic E-state index is 12.4. The number of carbonyl (C=O) groups is 2. The highest BCUT2D eigenvalue weighted by Crippen LogP contribution is 2.25. The molecule has 2 amide bonds. The van der Waals surface area contributed by atoms with Crippen molar-refractivity contribution in [3.63, 3.8) is 0 Å². The third kappa shape index (κ3) is 5.98. The van der Waals surface area contributed by atoms with Gasteiger partial charge in [0.25, 0.3) is 0 Å². The number of hydrogen-bond donors (Lipinski definition) is 1. The van der Waals surface area contributed by atoms with Crippen molar-refractivity contribution in [2.24, 2.45) is 5.92 Å². The highest BCUT2D eigenvalue weighted by Gasteiger charge is 2.21. The zero-order valence-electron chi connectivity index (χ0n) is 14.2. The Hall–Kier alpha value is -1.36. The number of nitrogens with one attached hydrogen (secondary N) is 1. The number of hydrogen-bond acceptors (Lipinski definition) is 3. The van der Waals surface area contributed by atoms with Crippen LogP contribution in [-0.4, -0.2) is 29.8 Å². The van der Waals surface area contributed by atoms with Gasteiger partial charge in [-0.1, -0.05) is 32.8 Å². The lowest BCUT2D eigenvalue weighted by Gasteiger charge is -2.26. The fraction of sp³-hybridized carbons (Fsp3) is 0.667. The minimum atomic E-state index is -0.0435. The molecule has 1 fully saturated rings. The number of carbonyl (C=O) groups excluding carboxylic acids is 2. The molecule has 23 heavy (non-hydrogen) atoms. The molecule has 0 spiro atoms. The summed E-state index contributed by atoms with van der Waals surface area (Å²) in [6.45, 7) is 5.22. The lowest BCUT2D eigenvalue weighted by atomic mass is 10.0. The summed E-state index contributed by atoms with van der Waals surface area (Å²) in [5, 5.41) is 5.17. The fourth-order valence-electron chi connectivity index (χ4n) is 3.00. The predicted octanol–water partition coefficient (Wildman–Crippen LogP) is 3.74. The minimum absolute atomic E-state index is 0.0435. The van der Waals surface area contributed by atoms with Crippen LogP contribution in [-0.2, 0) is 9.59 Å². The van der Waals surface area contributed by atoms with Crippen LogP contribution in [0, 0.1) is 5.92 Å². The zero-order chi connectivity index (χ0) is 16.7. The Balaban J connectivity index is 1.93. The van der Waals surface area contributed by atoms with Gasteiger partial charge in [0.1, 0.15) is 0 Å². The molecule has 1 atom stereocenters. The largest absolute Gasteiger partial charge is 0.347 e. The summed E-state index contributed by atoms with van der Waals surface area (Å²) in [7, 11) is 0. The third-order valence-electron chi connectivity index (χ3n) is 4.18. The van der Waals surface area contributed by atoms with E-state index >= 15 is 0 Å². The normalized spacial score (nSPS) is 17.7. The van der Waals surface area contributed by atoms with Gasteiger partial charge in [-0.3, -0.25) is 9.59 Å². The van der Waals surface area contributed by atoms with Crippen LogP contribution in [0.4, 0.5) is 0 Å². The second-order valence-corrected chi connectivity index (χ2v) is 7.72. The van der Waals surface area contributed by atoms with Crippen LogP contribution in [0.5, 0.6) is 0 Å². The average Bonchev–Trinajstić information content (AvgIpc) is 3.00. The van der Waals surface area contributed by atoms with Crippen molar-refractivity contribution in [2.45, 2.75) is 58.4 Å². The van der Waals surface area contributed by atoms with Gasteiger partial charge in [-0.2, -0.15) is 0 Å². The van der Waals surface area contributed by atoms with Gasteiger partial charge < -0.3 is 10.2 Å². The maximum absolute atomic E-state index is 12.4. The van der Waals surface area contributed by atoms with Gasteiger partial charge in [0.15, 0.2) is 0 Å². The number of thiophene rings is 1. The van der Waals surface area contributed by atoms with Crippen LogP contribution in [0.2, 0.25) is 0 Å². The number of rotatable bonds is 6. The number of amides is 2. The standard InChI is InChI=1S/C18H28N2O2S/c1-14(2)12-15(16-8-7-11-23-16)19-17(21)13-20-10-6-4-3-5-9-18(20)22/h7-8,11,14-15H,3-6,9-10,12-13H2,1-2H3,(H,19,21). The molecule has 0 bridgehead atoms. The van der Waals surface area contributed by atoms with Crippen molar-refractivity contribution in [1.82, 2.24) is 10.2 Å². The lowest BCUT2D eigenvalue weighted by Crippen LogP contribution is -2.42. The van der Waals surface area contributed by atoms with Crippen molar-refractivity contribution in [2.75, 3.05) is 13.1 Å². The molecule has 1 saturated heterocycles. The molecule has 1 aromatic heterocycles. The molecule has 2 rings (SSSR count). The molecule has 5 heteroatoms. The van der Waals surface area contributed by atoms with Crippen molar-refractivity contribution >= 4 is 23.2 Å². The van der Waals surface area contributed by atoms with E-state index in [4.69, 9.17) is 0 Å². The smallest absolute Gasteiger partial charge is 0.240 e. The Bertz CT molecular complexity index is 499. The molecule has 128 valence electrons. The molecule has 1 aliphatic rings. The summed E-state index contributed by atoms with van der Waals surface area (Å²) in [6, 6.07) is 4.13. The predicted molar refractivity (Wildman–Crippen MR) is 94.3 cm³/mol. The zero-order valence-corrected chi connectivity index (χ0v) is 15.0. The van der Waals surface area contributed by atoms with E-state index in [1.807, 2.05) is 11.4 Å². The van der Waals surface area contributed by atoms with E-state index in [0.717, 1.165) is 32.1 Å². The van der Waals surface area contributed by atoms with E-state index < -0.39 is 0 Å². The van der Waals surface area contributed by atoms with E-state index in [1.54, 1.807) is 16.2 Å². The summed E-state index contributed by atoms with van der Waals surface area (Å²) in [4.78, 5) is 27.5. The molecule has 0 aromatic carbocycles. The van der Waals surface area contributed by atoms with Crippen LogP contribution in [0.25, 0.3) is 0 Å². The van der Waals surface area contributed by atoms with Crippen molar-refractivity contribution in [3.8, 4) is 0 Å². The van der Waals surface area contributed by atoms with Gasteiger partial charge in [0.2, 0.25) is 11.8 Å². The van der Waals surface area contributed by atoms with Crippen LogP contribution in [0.1, 0.15) is 63.3 Å². The minimum Gasteiger partial charge on any atom is -0.347 e. The molecule has 1 aromatic rings. The van der Waals surface area contributed by atoms with Crippen molar-refractivity contribution < 1.29 is 9.59 Å². The molecule has 1 aliphatic heterocycles. The molecule has 1 unspecified atom stereocenters. The van der Waals surface area contributed by atoms with Gasteiger partial charge in [-0.05, 0) is 36.6 Å². The lowest BCUT2D eigenvalue weighted by molar-refractivity contribution is -0.136. The average molecular weight is 337 g/mol. The maximum Gasteiger partial charge on any atom is 0.240 e. The van der Waals surface area contributed by atoms with Gasteiger partial charge in [-0.25, -0.2) is 0 Å². The van der Waals surface area contributed by atoms with Crippen LogP contribution < -0.4 is 5.32 Å². The van der Waals surface area contributed by atoms with E-state index in [-0.39, 0.29) is 24.4 Å². The highest BCUT2D eigenvalue weighted by molar-refractivity contribution is 7.10. The SMILES string of the molecule is CC(C)CC(NC(=O)CN1CCCCCCC1=O)c1cccs1. The second kappa shape index (κ2) is 9.06. The molecule has 0 radical (unpaired) electrons. The molecular weight excluding hydrogens is 308 g/mol. The monoisotopic (exact) mass is 336 g/mol. The van der Waals surface area contributed by atoms with Crippen LogP contribution in [0.3, 0.4) is 0 Å². The second-order valence-electron chi connectivity index (χ2n) is 6.74. The van der Waals surface area contributed by atoms with Gasteiger partial charge in [-0.15, -0.1) is 11.3 Å². The Morgan fingerprint density at radius 3 is 2.78 bits per heavy atom. The van der Waals surface area contributed by atoms with Crippen molar-refractivity contribution in [1.29, 1.82) is 0 Å². The summed E-state index contributed by atoms with van der Waals surface area (Å²) in [5.74, 6) is 0.583. The third-order valence-corrected chi connectivity index (χ3v) is 5.17. The molecule has 0 saturated carbocycles. The highest BCUT2D eigenvalue weighted by atomic mass is 32.1. The van der Waals surface area contributed by atoms with Gasteiger partial charge in [0, 0.05) is 17.8 Å². The summed E-state index contributed by atoms with van der Waals surface area (Å²) in [6.07, 6.45) is 5.71. The van der Waals surface area contributed by atoms with Crippen LogP contribution >= 0.6 is 11.3 Å². The number of likely N-dealkylation sites (tertiary alicyclic amines) is 1. The quantitative estimate of drug-likeness (QED) is 0.860. The fourth-order valence-corrected chi connectivity index (χ4v) is 3.79. The number of nitrogens with zero attached hydrogens (tertiary/aromatic N) is 1. The molecular formula is C18H28N2O2S. The van der Waals surface area contributed by atoms with Crippen molar-refractivity contribution in [3.05, 3.63) is 22.4 Å².